The molecule has 0 aliphatic heterocycles. The van der Waals surface area contributed by atoms with E-state index in [9.17, 15) is 9.59 Å². The van der Waals surface area contributed by atoms with Crippen LogP contribution in [-0.4, -0.2) is 48.0 Å². The second-order valence-electron chi connectivity index (χ2n) is 5.89. The van der Waals surface area contributed by atoms with Gasteiger partial charge in [-0.2, -0.15) is 10.2 Å². The normalized spacial score (nSPS) is 10.9. The number of nitrogens with zero attached hydrogens (tertiary/aromatic N) is 5. The molecule has 0 spiro atoms. The van der Waals surface area contributed by atoms with E-state index in [0.717, 1.165) is 23.5 Å². The Labute approximate surface area is 147 Å². The molecule has 0 saturated carbocycles. The van der Waals surface area contributed by atoms with Gasteiger partial charge in [0.1, 0.15) is 0 Å². The van der Waals surface area contributed by atoms with E-state index in [4.69, 9.17) is 5.11 Å². The van der Waals surface area contributed by atoms with Crippen LogP contribution in [0.15, 0.2) is 12.3 Å². The molecule has 2 aromatic heterocycles. The first-order valence-electron chi connectivity index (χ1n) is 8.44. The first-order valence-corrected chi connectivity index (χ1v) is 8.44. The number of carbonyl (C=O) groups excluding carboxylic acids is 1. The van der Waals surface area contributed by atoms with Gasteiger partial charge in [0.15, 0.2) is 5.69 Å². The number of hydrogen-bond acceptors (Lipinski definition) is 4. The van der Waals surface area contributed by atoms with Crippen LogP contribution < -0.4 is 0 Å². The van der Waals surface area contributed by atoms with Crippen molar-refractivity contribution < 1.29 is 14.7 Å². The number of carboxylic acids is 1. The third-order valence-electron chi connectivity index (χ3n) is 4.33. The van der Waals surface area contributed by atoms with Gasteiger partial charge in [0.2, 0.25) is 5.91 Å². The molecular weight excluding hydrogens is 322 g/mol. The zero-order chi connectivity index (χ0) is 18.6. The van der Waals surface area contributed by atoms with E-state index >= 15 is 0 Å². The highest BCUT2D eigenvalue weighted by Gasteiger charge is 2.18. The van der Waals surface area contributed by atoms with Gasteiger partial charge in [-0.15, -0.1) is 0 Å². The maximum Gasteiger partial charge on any atom is 0.356 e. The number of amides is 1. The Bertz CT molecular complexity index is 762. The summed E-state index contributed by atoms with van der Waals surface area (Å²) < 4.78 is 3.43. The summed E-state index contributed by atoms with van der Waals surface area (Å²) in [4.78, 5) is 25.2. The molecule has 25 heavy (non-hydrogen) atoms. The summed E-state index contributed by atoms with van der Waals surface area (Å²) in [5, 5.41) is 17.3. The number of hydrogen-bond donors (Lipinski definition) is 1. The molecule has 0 saturated heterocycles. The summed E-state index contributed by atoms with van der Waals surface area (Å²) in [5.41, 5.74) is 3.11. The van der Waals surface area contributed by atoms with Crippen LogP contribution in [-0.2, 0) is 24.4 Å². The van der Waals surface area contributed by atoms with E-state index in [1.165, 1.54) is 10.7 Å². The number of aromatic carboxylic acids is 1. The van der Waals surface area contributed by atoms with Crippen molar-refractivity contribution in [1.82, 2.24) is 24.5 Å². The van der Waals surface area contributed by atoms with Crippen molar-refractivity contribution in [3.8, 4) is 0 Å². The number of aryl methyl sites for hydroxylation is 3. The molecule has 8 nitrogen and oxygen atoms in total. The van der Waals surface area contributed by atoms with Gasteiger partial charge in [0.05, 0.1) is 5.69 Å². The van der Waals surface area contributed by atoms with Crippen LogP contribution in [0.4, 0.5) is 0 Å². The Hall–Kier alpha value is -2.64. The highest BCUT2D eigenvalue weighted by atomic mass is 16.4. The molecule has 0 aliphatic carbocycles. The van der Waals surface area contributed by atoms with E-state index in [1.54, 1.807) is 11.1 Å². The summed E-state index contributed by atoms with van der Waals surface area (Å²) in [6.07, 6.45) is 1.85. The molecule has 0 aliphatic rings. The number of carboxylic acid groups (broad SMARTS) is 1. The molecule has 136 valence electrons. The first-order chi connectivity index (χ1) is 11.9. The van der Waals surface area contributed by atoms with Gasteiger partial charge in [0.25, 0.3) is 0 Å². The van der Waals surface area contributed by atoms with Crippen molar-refractivity contribution in [2.24, 2.45) is 0 Å². The molecule has 1 amide bonds. The maximum absolute atomic E-state index is 12.5. The minimum Gasteiger partial charge on any atom is -0.476 e. The molecule has 2 heterocycles. The van der Waals surface area contributed by atoms with E-state index in [-0.39, 0.29) is 18.0 Å². The molecular formula is C17H25N5O3. The van der Waals surface area contributed by atoms with Gasteiger partial charge in [-0.1, -0.05) is 0 Å². The largest absolute Gasteiger partial charge is 0.476 e. The van der Waals surface area contributed by atoms with Gasteiger partial charge >= 0.3 is 5.97 Å². The highest BCUT2D eigenvalue weighted by Crippen LogP contribution is 2.16. The van der Waals surface area contributed by atoms with E-state index in [2.05, 4.69) is 10.2 Å². The van der Waals surface area contributed by atoms with Gasteiger partial charge < -0.3 is 10.0 Å². The molecule has 2 aromatic rings. The number of rotatable bonds is 8. The second-order valence-corrected chi connectivity index (χ2v) is 5.89. The molecule has 0 bridgehead atoms. The second kappa shape index (κ2) is 7.96. The fourth-order valence-corrected chi connectivity index (χ4v) is 2.81. The standard InChI is InChI=1S/C17H25N5O3/c1-5-20(11-14-12(3)18-22(6-2)13(14)4)16(23)8-10-21-9-7-15(19-21)17(24)25/h7,9H,5-6,8,10-11H2,1-4H3,(H,24,25). The quantitative estimate of drug-likeness (QED) is 0.786. The lowest BCUT2D eigenvalue weighted by Crippen LogP contribution is -2.31. The average Bonchev–Trinajstić information content (AvgIpc) is 3.16. The van der Waals surface area contributed by atoms with E-state index in [1.807, 2.05) is 32.4 Å². The van der Waals surface area contributed by atoms with Crippen molar-refractivity contribution in [3.63, 3.8) is 0 Å². The Balaban J connectivity index is 2.01. The molecule has 0 fully saturated rings. The Kier molecular flexibility index (Phi) is 5.95. The van der Waals surface area contributed by atoms with Crippen LogP contribution in [0, 0.1) is 13.8 Å². The highest BCUT2D eigenvalue weighted by molar-refractivity contribution is 5.85. The fourth-order valence-electron chi connectivity index (χ4n) is 2.81. The van der Waals surface area contributed by atoms with Gasteiger partial charge in [0, 0.05) is 50.1 Å². The summed E-state index contributed by atoms with van der Waals surface area (Å²) in [7, 11) is 0. The third-order valence-corrected chi connectivity index (χ3v) is 4.33. The fraction of sp³-hybridized carbons (Fsp3) is 0.529. The SMILES string of the molecule is CCN(Cc1c(C)nn(CC)c1C)C(=O)CCn1ccc(C(=O)O)n1. The lowest BCUT2D eigenvalue weighted by atomic mass is 10.1. The third kappa shape index (κ3) is 4.26. The van der Waals surface area contributed by atoms with E-state index in [0.29, 0.717) is 19.6 Å². The van der Waals surface area contributed by atoms with Crippen LogP contribution >= 0.6 is 0 Å². The summed E-state index contributed by atoms with van der Waals surface area (Å²) >= 11 is 0. The van der Waals surface area contributed by atoms with E-state index < -0.39 is 5.97 Å². The predicted octanol–water partition coefficient (Wildman–Crippen LogP) is 1.85. The van der Waals surface area contributed by atoms with Gasteiger partial charge in [-0.25, -0.2) is 4.79 Å². The van der Waals surface area contributed by atoms with Gasteiger partial charge in [-0.3, -0.25) is 14.2 Å². The van der Waals surface area contributed by atoms with Crippen molar-refractivity contribution in [2.75, 3.05) is 6.54 Å². The Morgan fingerprint density at radius 1 is 1.24 bits per heavy atom. The Morgan fingerprint density at radius 3 is 2.48 bits per heavy atom. The van der Waals surface area contributed by atoms with Gasteiger partial charge in [-0.05, 0) is 33.8 Å². The molecule has 0 unspecified atom stereocenters. The van der Waals surface area contributed by atoms with Crippen LogP contribution in [0.2, 0.25) is 0 Å². The van der Waals surface area contributed by atoms with Crippen LogP contribution in [0.3, 0.4) is 0 Å². The van der Waals surface area contributed by atoms with Crippen LogP contribution in [0.1, 0.15) is 47.7 Å². The maximum atomic E-state index is 12.5. The van der Waals surface area contributed by atoms with Crippen molar-refractivity contribution in [1.29, 1.82) is 0 Å². The summed E-state index contributed by atoms with van der Waals surface area (Å²) in [6.45, 7) is 10.3. The topological polar surface area (TPSA) is 93.2 Å². The van der Waals surface area contributed by atoms with Crippen molar-refractivity contribution >= 4 is 11.9 Å². The lowest BCUT2D eigenvalue weighted by Gasteiger charge is -2.21. The summed E-state index contributed by atoms with van der Waals surface area (Å²) in [5.74, 6) is -1.06. The minimum atomic E-state index is -1.07. The zero-order valence-electron chi connectivity index (χ0n) is 15.2. The first kappa shape index (κ1) is 18.7. The Morgan fingerprint density at radius 2 is 1.96 bits per heavy atom. The zero-order valence-corrected chi connectivity index (χ0v) is 15.2. The monoisotopic (exact) mass is 347 g/mol. The van der Waals surface area contributed by atoms with Crippen molar-refractivity contribution in [3.05, 3.63) is 34.9 Å². The predicted molar refractivity (Wildman–Crippen MR) is 92.3 cm³/mol. The van der Waals surface area contributed by atoms with Crippen molar-refractivity contribution in [2.45, 2.75) is 53.8 Å². The average molecular weight is 347 g/mol. The van der Waals surface area contributed by atoms with Crippen LogP contribution in [0.25, 0.3) is 0 Å². The molecule has 2 rings (SSSR count). The molecule has 8 heteroatoms. The minimum absolute atomic E-state index is 0.0120. The van der Waals surface area contributed by atoms with Crippen LogP contribution in [0.5, 0.6) is 0 Å². The molecule has 1 N–H and O–H groups in total. The molecule has 0 aromatic carbocycles. The molecule has 0 radical (unpaired) electrons. The molecule has 0 atom stereocenters. The lowest BCUT2D eigenvalue weighted by molar-refractivity contribution is -0.131. The number of carbonyl (C=O) groups is 2. The smallest absolute Gasteiger partial charge is 0.356 e. The summed E-state index contributed by atoms with van der Waals surface area (Å²) in [6, 6.07) is 1.43. The number of aromatic nitrogens is 4.